The van der Waals surface area contributed by atoms with E-state index in [1.54, 1.807) is 24.2 Å². The Hall–Kier alpha value is -1.89. The summed E-state index contributed by atoms with van der Waals surface area (Å²) >= 11 is 1.61. The summed E-state index contributed by atoms with van der Waals surface area (Å²) in [5.74, 6) is -1.51. The Kier molecular flexibility index (Phi) is 2.95. The van der Waals surface area contributed by atoms with Gasteiger partial charge in [0.1, 0.15) is 0 Å². The van der Waals surface area contributed by atoms with Gasteiger partial charge < -0.3 is 14.8 Å². The predicted molar refractivity (Wildman–Crippen MR) is 77.0 cm³/mol. The first-order valence-electron chi connectivity index (χ1n) is 6.60. The number of pyridine rings is 1. The smallest absolute Gasteiger partial charge is 0.289 e. The lowest BCUT2D eigenvalue weighted by molar-refractivity contribution is -0.178. The number of ether oxygens (including phenoxy) is 2. The molecule has 21 heavy (non-hydrogen) atoms. The van der Waals surface area contributed by atoms with E-state index >= 15 is 0 Å². The molecule has 1 spiro atoms. The number of aromatic nitrogens is 1. The first kappa shape index (κ1) is 12.8. The molecule has 2 aromatic rings. The number of carbonyl (C=O) groups excluding carboxylic acids is 1. The molecule has 0 aliphatic carbocycles. The van der Waals surface area contributed by atoms with Gasteiger partial charge in [0.2, 0.25) is 0 Å². The fourth-order valence-electron chi connectivity index (χ4n) is 2.54. The molecule has 1 N–H and O–H groups in total. The van der Waals surface area contributed by atoms with Gasteiger partial charge in [-0.2, -0.15) is 0 Å². The van der Waals surface area contributed by atoms with E-state index in [1.165, 1.54) is 0 Å². The fourth-order valence-corrected chi connectivity index (χ4v) is 3.38. The molecule has 4 rings (SSSR count). The largest absolute Gasteiger partial charge is 0.336 e. The van der Waals surface area contributed by atoms with E-state index in [-0.39, 0.29) is 5.91 Å². The molecule has 0 atom stereocenters. The van der Waals surface area contributed by atoms with Gasteiger partial charge in [0.15, 0.2) is 0 Å². The lowest BCUT2D eigenvalue weighted by Crippen LogP contribution is -2.35. The Morgan fingerprint density at radius 3 is 2.62 bits per heavy atom. The zero-order valence-electron chi connectivity index (χ0n) is 11.0. The number of rotatable bonds is 2. The number of fused-ring (bicyclic) bond motifs is 2. The van der Waals surface area contributed by atoms with Crippen LogP contribution < -0.4 is 5.32 Å². The average Bonchev–Trinajstić information content (AvgIpc) is 3.09. The minimum Gasteiger partial charge on any atom is -0.336 e. The topological polar surface area (TPSA) is 60.5 Å². The molecule has 2 aliphatic heterocycles. The molecule has 6 heteroatoms. The minimum atomic E-state index is -1.26. The molecule has 2 aliphatic rings. The van der Waals surface area contributed by atoms with E-state index in [0.29, 0.717) is 13.2 Å². The van der Waals surface area contributed by atoms with Gasteiger partial charge in [0.05, 0.1) is 18.9 Å². The molecule has 3 heterocycles. The van der Waals surface area contributed by atoms with Crippen molar-refractivity contribution in [1.29, 1.82) is 0 Å². The van der Waals surface area contributed by atoms with Gasteiger partial charge in [-0.1, -0.05) is 11.8 Å². The van der Waals surface area contributed by atoms with Crippen LogP contribution in [0.5, 0.6) is 0 Å². The number of nitrogens with one attached hydrogen (secondary N) is 1. The highest BCUT2D eigenvalue weighted by atomic mass is 32.2. The van der Waals surface area contributed by atoms with Gasteiger partial charge >= 0.3 is 0 Å². The summed E-state index contributed by atoms with van der Waals surface area (Å²) in [7, 11) is 0. The van der Waals surface area contributed by atoms with Gasteiger partial charge in [0.25, 0.3) is 11.7 Å². The highest BCUT2D eigenvalue weighted by molar-refractivity contribution is 7.99. The molecule has 1 saturated heterocycles. The van der Waals surface area contributed by atoms with Crippen molar-refractivity contribution in [3.63, 3.8) is 0 Å². The summed E-state index contributed by atoms with van der Waals surface area (Å²) in [6.45, 7) is 0.850. The van der Waals surface area contributed by atoms with Crippen LogP contribution in [0.25, 0.3) is 0 Å². The maximum absolute atomic E-state index is 12.1. The lowest BCUT2D eigenvalue weighted by atomic mass is 10.1. The zero-order valence-corrected chi connectivity index (χ0v) is 11.9. The van der Waals surface area contributed by atoms with E-state index < -0.39 is 5.79 Å². The van der Waals surface area contributed by atoms with E-state index in [4.69, 9.17) is 9.47 Å². The normalized spacial score (nSPS) is 18.8. The van der Waals surface area contributed by atoms with Crippen LogP contribution in [0.4, 0.5) is 5.69 Å². The monoisotopic (exact) mass is 300 g/mol. The Morgan fingerprint density at radius 2 is 1.86 bits per heavy atom. The van der Waals surface area contributed by atoms with E-state index in [9.17, 15) is 4.79 Å². The number of hydrogen-bond donors (Lipinski definition) is 1. The van der Waals surface area contributed by atoms with Crippen molar-refractivity contribution in [2.45, 2.75) is 15.6 Å². The summed E-state index contributed by atoms with van der Waals surface area (Å²) in [5.41, 5.74) is 1.50. The molecule has 1 aromatic heterocycles. The second-order valence-corrected chi connectivity index (χ2v) is 5.91. The van der Waals surface area contributed by atoms with Crippen LogP contribution in [0.2, 0.25) is 0 Å². The number of carbonyl (C=O) groups is 1. The van der Waals surface area contributed by atoms with Crippen LogP contribution in [0.15, 0.2) is 52.5 Å². The summed E-state index contributed by atoms with van der Waals surface area (Å²) in [5, 5.41) is 2.81. The van der Waals surface area contributed by atoms with Crippen LogP contribution >= 0.6 is 11.8 Å². The van der Waals surface area contributed by atoms with Crippen molar-refractivity contribution < 1.29 is 14.3 Å². The number of hydrogen-bond acceptors (Lipinski definition) is 5. The van der Waals surface area contributed by atoms with E-state index in [1.807, 2.05) is 30.3 Å². The quantitative estimate of drug-likeness (QED) is 0.922. The summed E-state index contributed by atoms with van der Waals surface area (Å²) in [6.07, 6.45) is 3.51. The summed E-state index contributed by atoms with van der Waals surface area (Å²) < 4.78 is 11.2. The minimum absolute atomic E-state index is 0.249. The Balaban J connectivity index is 1.71. The number of benzene rings is 1. The third-order valence-corrected chi connectivity index (χ3v) is 4.47. The summed E-state index contributed by atoms with van der Waals surface area (Å²) in [4.78, 5) is 18.3. The van der Waals surface area contributed by atoms with Crippen molar-refractivity contribution in [3.8, 4) is 0 Å². The van der Waals surface area contributed by atoms with Gasteiger partial charge in [-0.3, -0.25) is 9.78 Å². The van der Waals surface area contributed by atoms with Crippen molar-refractivity contribution in [2.24, 2.45) is 0 Å². The van der Waals surface area contributed by atoms with Crippen molar-refractivity contribution >= 4 is 23.4 Å². The number of anilines is 1. The highest BCUT2D eigenvalue weighted by Gasteiger charge is 2.52. The molecule has 0 radical (unpaired) electrons. The number of amides is 1. The van der Waals surface area contributed by atoms with Gasteiger partial charge in [0, 0.05) is 27.7 Å². The molecule has 0 saturated carbocycles. The van der Waals surface area contributed by atoms with Gasteiger partial charge in [-0.25, -0.2) is 0 Å². The van der Waals surface area contributed by atoms with Crippen LogP contribution in [0, 0.1) is 0 Å². The SMILES string of the molecule is O=C1Nc2ccc(Sc3ccncc3)cc2C12OCCO2. The summed E-state index contributed by atoms with van der Waals surface area (Å²) in [6, 6.07) is 9.69. The van der Waals surface area contributed by atoms with Crippen molar-refractivity contribution in [1.82, 2.24) is 4.98 Å². The Bertz CT molecular complexity index is 699. The number of nitrogens with zero attached hydrogens (tertiary/aromatic N) is 1. The van der Waals surface area contributed by atoms with Crippen LogP contribution in [-0.4, -0.2) is 24.1 Å². The Labute approximate surface area is 125 Å². The third kappa shape index (κ3) is 2.03. The molecule has 0 unspecified atom stereocenters. The molecule has 1 fully saturated rings. The van der Waals surface area contributed by atoms with Gasteiger partial charge in [-0.05, 0) is 30.3 Å². The Morgan fingerprint density at radius 1 is 1.10 bits per heavy atom. The molecule has 5 nitrogen and oxygen atoms in total. The van der Waals surface area contributed by atoms with Gasteiger partial charge in [-0.15, -0.1) is 0 Å². The fraction of sp³-hybridized carbons (Fsp3) is 0.200. The van der Waals surface area contributed by atoms with Crippen molar-refractivity contribution in [3.05, 3.63) is 48.3 Å². The molecule has 1 amide bonds. The first-order chi connectivity index (χ1) is 10.3. The lowest BCUT2D eigenvalue weighted by Gasteiger charge is -2.19. The zero-order chi connectivity index (χ0) is 14.3. The average molecular weight is 300 g/mol. The second kappa shape index (κ2) is 4.84. The van der Waals surface area contributed by atoms with Crippen molar-refractivity contribution in [2.75, 3.05) is 18.5 Å². The van der Waals surface area contributed by atoms with E-state index in [0.717, 1.165) is 21.0 Å². The standard InChI is InChI=1S/C15H12N2O3S/c18-14-15(19-7-8-20-15)12-9-11(1-2-13(12)17-14)21-10-3-5-16-6-4-10/h1-6,9H,7-8H2,(H,17,18). The molecular formula is C15H12N2O3S. The molecule has 0 bridgehead atoms. The van der Waals surface area contributed by atoms with E-state index in [2.05, 4.69) is 10.3 Å². The molecule has 1 aromatic carbocycles. The molecular weight excluding hydrogens is 288 g/mol. The predicted octanol–water partition coefficient (Wildman–Crippen LogP) is 2.38. The maximum Gasteiger partial charge on any atom is 0.289 e. The van der Waals surface area contributed by atoms with Crippen LogP contribution in [0.1, 0.15) is 5.56 Å². The maximum atomic E-state index is 12.1. The highest BCUT2D eigenvalue weighted by Crippen LogP contribution is 2.44. The second-order valence-electron chi connectivity index (χ2n) is 4.76. The van der Waals surface area contributed by atoms with Crippen LogP contribution in [0.3, 0.4) is 0 Å². The third-order valence-electron chi connectivity index (χ3n) is 3.47. The first-order valence-corrected chi connectivity index (χ1v) is 7.41. The van der Waals surface area contributed by atoms with Crippen LogP contribution in [-0.2, 0) is 20.1 Å². The molecule has 106 valence electrons.